The Bertz CT molecular complexity index is 213. The van der Waals surface area contributed by atoms with Crippen LogP contribution in [0, 0.1) is 0 Å². The van der Waals surface area contributed by atoms with E-state index in [1.54, 1.807) is 0 Å². The van der Waals surface area contributed by atoms with Gasteiger partial charge in [0, 0.05) is 6.08 Å². The molecule has 0 radical (unpaired) electrons. The van der Waals surface area contributed by atoms with Crippen LogP contribution in [-0.4, -0.2) is 38.1 Å². The van der Waals surface area contributed by atoms with E-state index in [4.69, 9.17) is 14.6 Å². The SMILES string of the molecule is C=CC(=O)OCC(=C)OCOCOCO. The van der Waals surface area contributed by atoms with E-state index in [0.717, 1.165) is 6.08 Å². The molecule has 86 valence electrons. The molecule has 0 aliphatic carbocycles. The van der Waals surface area contributed by atoms with E-state index in [1.165, 1.54) is 0 Å². The monoisotopic (exact) mass is 218 g/mol. The van der Waals surface area contributed by atoms with Crippen molar-refractivity contribution in [3.05, 3.63) is 25.0 Å². The summed E-state index contributed by atoms with van der Waals surface area (Å²) in [5.41, 5.74) is 0. The van der Waals surface area contributed by atoms with E-state index in [-0.39, 0.29) is 26.0 Å². The van der Waals surface area contributed by atoms with Crippen molar-refractivity contribution >= 4 is 5.97 Å². The average Bonchev–Trinajstić information content (AvgIpc) is 2.25. The number of carbonyl (C=O) groups excluding carboxylic acids is 1. The lowest BCUT2D eigenvalue weighted by Gasteiger charge is -2.09. The zero-order chi connectivity index (χ0) is 11.5. The summed E-state index contributed by atoms with van der Waals surface area (Å²) in [6.45, 7) is 6.04. The third-order valence-corrected chi connectivity index (χ3v) is 1.15. The lowest BCUT2D eigenvalue weighted by atomic mass is 10.6. The van der Waals surface area contributed by atoms with Crippen LogP contribution < -0.4 is 0 Å². The summed E-state index contributed by atoms with van der Waals surface area (Å²) in [6.07, 6.45) is 1.04. The molecule has 0 aliphatic rings. The molecule has 0 spiro atoms. The molecule has 0 saturated carbocycles. The van der Waals surface area contributed by atoms with Gasteiger partial charge in [0.1, 0.15) is 19.2 Å². The molecule has 6 heteroatoms. The minimum absolute atomic E-state index is 0.0604. The van der Waals surface area contributed by atoms with Crippen molar-refractivity contribution in [3.63, 3.8) is 0 Å². The van der Waals surface area contributed by atoms with Crippen molar-refractivity contribution in [2.75, 3.05) is 27.0 Å². The number of ether oxygens (including phenoxy) is 4. The smallest absolute Gasteiger partial charge is 0.330 e. The zero-order valence-corrected chi connectivity index (χ0v) is 8.31. The van der Waals surface area contributed by atoms with Crippen LogP contribution in [0.4, 0.5) is 0 Å². The topological polar surface area (TPSA) is 74.2 Å². The first-order chi connectivity index (χ1) is 7.20. The molecule has 0 aromatic heterocycles. The number of aliphatic hydroxyl groups excluding tert-OH is 1. The second-order valence-corrected chi connectivity index (χ2v) is 2.27. The molecular formula is C9H14O6. The summed E-state index contributed by atoms with van der Waals surface area (Å²) in [5, 5.41) is 8.22. The number of carbonyl (C=O) groups is 1. The van der Waals surface area contributed by atoms with Gasteiger partial charge in [-0.2, -0.15) is 0 Å². The molecule has 15 heavy (non-hydrogen) atoms. The van der Waals surface area contributed by atoms with Crippen molar-refractivity contribution in [1.82, 2.24) is 0 Å². The first-order valence-corrected chi connectivity index (χ1v) is 4.06. The quantitative estimate of drug-likeness (QED) is 0.195. The van der Waals surface area contributed by atoms with Gasteiger partial charge in [-0.1, -0.05) is 13.2 Å². The molecule has 0 aliphatic heterocycles. The first kappa shape index (κ1) is 13.6. The average molecular weight is 218 g/mol. The highest BCUT2D eigenvalue weighted by molar-refractivity contribution is 5.81. The van der Waals surface area contributed by atoms with Gasteiger partial charge in [-0.3, -0.25) is 0 Å². The lowest BCUT2D eigenvalue weighted by Crippen LogP contribution is -2.09. The van der Waals surface area contributed by atoms with Gasteiger partial charge in [-0.15, -0.1) is 0 Å². The van der Waals surface area contributed by atoms with Gasteiger partial charge in [0.25, 0.3) is 0 Å². The fourth-order valence-corrected chi connectivity index (χ4v) is 0.507. The molecule has 0 atom stereocenters. The van der Waals surface area contributed by atoms with Crippen LogP contribution in [0.5, 0.6) is 0 Å². The van der Waals surface area contributed by atoms with Crippen LogP contribution in [0.15, 0.2) is 25.0 Å². The molecule has 6 nitrogen and oxygen atoms in total. The van der Waals surface area contributed by atoms with Gasteiger partial charge >= 0.3 is 5.97 Å². The van der Waals surface area contributed by atoms with Crippen LogP contribution >= 0.6 is 0 Å². The molecule has 0 unspecified atom stereocenters. The highest BCUT2D eigenvalue weighted by Gasteiger charge is 1.99. The maximum Gasteiger partial charge on any atom is 0.330 e. The highest BCUT2D eigenvalue weighted by atomic mass is 16.8. The number of aliphatic hydroxyl groups is 1. The molecular weight excluding hydrogens is 204 g/mol. The minimum Gasteiger partial charge on any atom is -0.469 e. The Kier molecular flexibility index (Phi) is 8.36. The first-order valence-electron chi connectivity index (χ1n) is 4.06. The van der Waals surface area contributed by atoms with Crippen molar-refractivity contribution in [2.24, 2.45) is 0 Å². The Morgan fingerprint density at radius 3 is 2.60 bits per heavy atom. The highest BCUT2D eigenvalue weighted by Crippen LogP contribution is 1.95. The Morgan fingerprint density at radius 1 is 1.27 bits per heavy atom. The molecule has 1 N–H and O–H groups in total. The van der Waals surface area contributed by atoms with Crippen LogP contribution in [0.2, 0.25) is 0 Å². The van der Waals surface area contributed by atoms with Crippen molar-refractivity contribution in [3.8, 4) is 0 Å². The molecule has 0 bridgehead atoms. The maximum absolute atomic E-state index is 10.6. The van der Waals surface area contributed by atoms with Gasteiger partial charge in [0.2, 0.25) is 0 Å². The number of esters is 1. The molecule has 0 aromatic carbocycles. The Morgan fingerprint density at radius 2 is 2.00 bits per heavy atom. The standard InChI is InChI=1S/C9H14O6/c1-3-9(11)14-4-8(2)15-7-13-6-12-5-10/h3,10H,1-2,4-7H2. The maximum atomic E-state index is 10.6. The molecule has 0 fully saturated rings. The minimum atomic E-state index is -0.552. The molecule has 0 amide bonds. The third-order valence-electron chi connectivity index (χ3n) is 1.15. The predicted molar refractivity (Wildman–Crippen MR) is 50.4 cm³/mol. The molecule has 0 aromatic rings. The fourth-order valence-electron chi connectivity index (χ4n) is 0.507. The van der Waals surface area contributed by atoms with E-state index < -0.39 is 12.8 Å². The predicted octanol–water partition coefficient (Wildman–Crippen LogP) is 0.144. The third kappa shape index (κ3) is 8.95. The van der Waals surface area contributed by atoms with E-state index in [2.05, 4.69) is 22.6 Å². The Hall–Kier alpha value is -1.37. The number of hydrogen-bond acceptors (Lipinski definition) is 6. The summed E-state index contributed by atoms with van der Waals surface area (Å²) in [5.74, 6) is -0.307. The van der Waals surface area contributed by atoms with Gasteiger partial charge in [-0.25, -0.2) is 4.79 Å². The second kappa shape index (κ2) is 9.20. The summed E-state index contributed by atoms with van der Waals surface area (Å²) in [4.78, 5) is 10.6. The van der Waals surface area contributed by atoms with Gasteiger partial charge in [-0.05, 0) is 0 Å². The Labute approximate surface area is 87.7 Å². The lowest BCUT2D eigenvalue weighted by molar-refractivity contribution is -0.152. The Balaban J connectivity index is 3.33. The van der Waals surface area contributed by atoms with E-state index >= 15 is 0 Å². The van der Waals surface area contributed by atoms with E-state index in [0.29, 0.717) is 0 Å². The largest absolute Gasteiger partial charge is 0.469 e. The van der Waals surface area contributed by atoms with Crippen LogP contribution in [0.3, 0.4) is 0 Å². The van der Waals surface area contributed by atoms with Crippen LogP contribution in [0.1, 0.15) is 0 Å². The van der Waals surface area contributed by atoms with Crippen LogP contribution in [-0.2, 0) is 23.7 Å². The summed E-state index contributed by atoms with van der Waals surface area (Å²) < 4.78 is 18.7. The zero-order valence-electron chi connectivity index (χ0n) is 8.31. The van der Waals surface area contributed by atoms with Crippen molar-refractivity contribution < 1.29 is 28.8 Å². The fraction of sp³-hybridized carbons (Fsp3) is 0.444. The number of hydrogen-bond donors (Lipinski definition) is 1. The summed E-state index contributed by atoms with van der Waals surface area (Å²) in [6, 6.07) is 0. The summed E-state index contributed by atoms with van der Waals surface area (Å²) >= 11 is 0. The van der Waals surface area contributed by atoms with E-state index in [9.17, 15) is 4.79 Å². The number of rotatable bonds is 9. The van der Waals surface area contributed by atoms with Gasteiger partial charge in [0.15, 0.2) is 13.6 Å². The van der Waals surface area contributed by atoms with E-state index in [1.807, 2.05) is 0 Å². The normalized spacial score (nSPS) is 9.40. The van der Waals surface area contributed by atoms with Crippen molar-refractivity contribution in [2.45, 2.75) is 0 Å². The molecule has 0 rings (SSSR count). The molecule has 0 saturated heterocycles. The molecule has 0 heterocycles. The second-order valence-electron chi connectivity index (χ2n) is 2.27. The van der Waals surface area contributed by atoms with Gasteiger partial charge < -0.3 is 24.1 Å². The van der Waals surface area contributed by atoms with Gasteiger partial charge in [0.05, 0.1) is 0 Å². The van der Waals surface area contributed by atoms with Crippen LogP contribution in [0.25, 0.3) is 0 Å². The summed E-state index contributed by atoms with van der Waals surface area (Å²) in [7, 11) is 0. The van der Waals surface area contributed by atoms with Crippen molar-refractivity contribution in [1.29, 1.82) is 0 Å².